The molecule has 7 heteroatoms. The van der Waals surface area contributed by atoms with E-state index in [1.807, 2.05) is 0 Å². The van der Waals surface area contributed by atoms with Crippen LogP contribution < -0.4 is 5.32 Å². The molecule has 0 spiro atoms. The van der Waals surface area contributed by atoms with Crippen molar-refractivity contribution in [1.29, 1.82) is 0 Å². The zero-order chi connectivity index (χ0) is 14.1. The van der Waals surface area contributed by atoms with Crippen LogP contribution in [0.1, 0.15) is 25.7 Å². The Balaban J connectivity index is 2.45. The van der Waals surface area contributed by atoms with Crippen molar-refractivity contribution in [3.63, 3.8) is 0 Å². The molecular weight excluding hydrogens is 268 g/mol. The van der Waals surface area contributed by atoms with Gasteiger partial charge in [-0.3, -0.25) is 0 Å². The van der Waals surface area contributed by atoms with Gasteiger partial charge >= 0.3 is 0 Å². The van der Waals surface area contributed by atoms with Gasteiger partial charge in [-0.15, -0.1) is 0 Å². The minimum Gasteiger partial charge on any atom is -0.395 e. The lowest BCUT2D eigenvalue weighted by molar-refractivity contribution is 0.168. The number of hydrogen-bond donors (Lipinski definition) is 2. The molecule has 1 heterocycles. The highest BCUT2D eigenvalue weighted by atomic mass is 32.2. The van der Waals surface area contributed by atoms with Gasteiger partial charge in [-0.05, 0) is 25.8 Å². The van der Waals surface area contributed by atoms with Crippen LogP contribution in [0.3, 0.4) is 0 Å². The summed E-state index contributed by atoms with van der Waals surface area (Å²) in [7, 11) is -1.77. The number of rotatable bonds is 9. The number of sulfonamides is 1. The minimum absolute atomic E-state index is 0.133. The molecule has 1 unspecified atom stereocenters. The van der Waals surface area contributed by atoms with E-state index in [-0.39, 0.29) is 18.9 Å². The van der Waals surface area contributed by atoms with Crippen LogP contribution in [0.2, 0.25) is 0 Å². The summed E-state index contributed by atoms with van der Waals surface area (Å²) in [6, 6.07) is 0.307. The number of nitrogens with one attached hydrogen (secondary N) is 1. The van der Waals surface area contributed by atoms with E-state index in [9.17, 15) is 8.42 Å². The fourth-order valence-corrected chi connectivity index (χ4v) is 3.84. The van der Waals surface area contributed by atoms with Crippen LogP contribution in [0, 0.1) is 0 Å². The summed E-state index contributed by atoms with van der Waals surface area (Å²) in [6.07, 6.45) is 4.03. The van der Waals surface area contributed by atoms with Crippen LogP contribution in [0.15, 0.2) is 0 Å². The van der Waals surface area contributed by atoms with E-state index in [2.05, 4.69) is 5.32 Å². The molecule has 1 aliphatic rings. The third kappa shape index (κ3) is 6.18. The monoisotopic (exact) mass is 294 g/mol. The van der Waals surface area contributed by atoms with Gasteiger partial charge in [0.15, 0.2) is 0 Å². The molecule has 1 rings (SSSR count). The van der Waals surface area contributed by atoms with Gasteiger partial charge in [-0.2, -0.15) is 4.31 Å². The molecule has 1 atom stereocenters. The van der Waals surface area contributed by atoms with Crippen molar-refractivity contribution in [3.8, 4) is 0 Å². The van der Waals surface area contributed by atoms with E-state index < -0.39 is 10.0 Å². The lowest BCUT2D eigenvalue weighted by Crippen LogP contribution is -2.40. The minimum atomic E-state index is -3.30. The number of hydrogen-bond acceptors (Lipinski definition) is 5. The first-order valence-corrected chi connectivity index (χ1v) is 8.52. The van der Waals surface area contributed by atoms with Crippen LogP contribution >= 0.6 is 0 Å². The summed E-state index contributed by atoms with van der Waals surface area (Å²) in [5.41, 5.74) is 0. The molecule has 6 nitrogen and oxygen atoms in total. The molecule has 0 aromatic heterocycles. The van der Waals surface area contributed by atoms with E-state index in [1.165, 1.54) is 24.3 Å². The summed E-state index contributed by atoms with van der Waals surface area (Å²) < 4.78 is 30.6. The van der Waals surface area contributed by atoms with Gasteiger partial charge in [-0.1, -0.05) is 6.42 Å². The topological polar surface area (TPSA) is 78.9 Å². The van der Waals surface area contributed by atoms with Gasteiger partial charge in [0, 0.05) is 26.2 Å². The number of piperidine rings is 1. The highest BCUT2D eigenvalue weighted by Gasteiger charge is 2.23. The van der Waals surface area contributed by atoms with E-state index in [1.54, 1.807) is 0 Å². The predicted octanol–water partition coefficient (Wildman–Crippen LogP) is -0.211. The van der Waals surface area contributed by atoms with Gasteiger partial charge < -0.3 is 15.2 Å². The Labute approximate surface area is 116 Å². The summed E-state index contributed by atoms with van der Waals surface area (Å²) >= 11 is 0. The average molecular weight is 294 g/mol. The highest BCUT2D eigenvalue weighted by Crippen LogP contribution is 2.12. The first-order chi connectivity index (χ1) is 9.10. The number of aliphatic hydroxyl groups excluding tert-OH is 1. The van der Waals surface area contributed by atoms with Gasteiger partial charge in [0.1, 0.15) is 0 Å². The second-order valence-corrected chi connectivity index (χ2v) is 6.96. The number of methoxy groups -OCH3 is 1. The molecule has 0 bridgehead atoms. The number of aliphatic hydroxyl groups is 1. The van der Waals surface area contributed by atoms with E-state index in [4.69, 9.17) is 9.84 Å². The predicted molar refractivity (Wildman–Crippen MR) is 74.6 cm³/mol. The normalized spacial score (nSPS) is 20.9. The Bertz CT molecular complexity index is 329. The third-order valence-electron chi connectivity index (χ3n) is 3.42. The quantitative estimate of drug-likeness (QED) is 0.615. The standard InChI is InChI=1S/C12H26N2O4S/c1-18-10-8-14(7-9-15)19(16,17)11-5-12-4-2-3-6-13-12/h12-13,15H,2-11H2,1H3. The molecule has 0 aromatic carbocycles. The molecule has 0 amide bonds. The third-order valence-corrected chi connectivity index (χ3v) is 5.33. The van der Waals surface area contributed by atoms with E-state index in [0.29, 0.717) is 25.6 Å². The molecule has 1 saturated heterocycles. The highest BCUT2D eigenvalue weighted by molar-refractivity contribution is 7.89. The van der Waals surface area contributed by atoms with Crippen LogP contribution in [-0.2, 0) is 14.8 Å². The lowest BCUT2D eigenvalue weighted by atomic mass is 10.0. The Kier molecular flexibility index (Phi) is 7.86. The molecule has 0 radical (unpaired) electrons. The van der Waals surface area contributed by atoms with Gasteiger partial charge in [0.05, 0.1) is 19.0 Å². The van der Waals surface area contributed by atoms with Crippen molar-refractivity contribution in [2.24, 2.45) is 0 Å². The summed E-state index contributed by atoms with van der Waals surface area (Å²) in [4.78, 5) is 0. The van der Waals surface area contributed by atoms with Gasteiger partial charge in [0.2, 0.25) is 10.0 Å². The SMILES string of the molecule is COCCN(CCO)S(=O)(=O)CCC1CCCCN1. The molecule has 0 saturated carbocycles. The van der Waals surface area contributed by atoms with Crippen molar-refractivity contribution >= 4 is 10.0 Å². The smallest absolute Gasteiger partial charge is 0.214 e. The van der Waals surface area contributed by atoms with Crippen molar-refractivity contribution in [2.75, 3.05) is 45.7 Å². The van der Waals surface area contributed by atoms with Crippen LogP contribution in [0.5, 0.6) is 0 Å². The Morgan fingerprint density at radius 3 is 2.74 bits per heavy atom. The maximum Gasteiger partial charge on any atom is 0.214 e. The van der Waals surface area contributed by atoms with Crippen LogP contribution in [-0.4, -0.2) is 69.6 Å². The summed E-state index contributed by atoms with van der Waals surface area (Å²) in [5.74, 6) is 0.133. The molecule has 19 heavy (non-hydrogen) atoms. The largest absolute Gasteiger partial charge is 0.395 e. The first-order valence-electron chi connectivity index (χ1n) is 6.91. The van der Waals surface area contributed by atoms with E-state index >= 15 is 0 Å². The zero-order valence-corrected chi connectivity index (χ0v) is 12.5. The molecule has 0 aromatic rings. The molecule has 1 fully saturated rings. The Hall–Kier alpha value is -0.210. The van der Waals surface area contributed by atoms with E-state index in [0.717, 1.165) is 13.0 Å². The fraction of sp³-hybridized carbons (Fsp3) is 1.00. The van der Waals surface area contributed by atoms with Crippen molar-refractivity contribution < 1.29 is 18.3 Å². The summed E-state index contributed by atoms with van der Waals surface area (Å²) in [6.45, 7) is 1.61. The molecule has 1 aliphatic heterocycles. The second-order valence-electron chi connectivity index (χ2n) is 4.87. The Morgan fingerprint density at radius 2 is 2.16 bits per heavy atom. The van der Waals surface area contributed by atoms with Crippen molar-refractivity contribution in [3.05, 3.63) is 0 Å². The lowest BCUT2D eigenvalue weighted by Gasteiger charge is -2.25. The first kappa shape index (κ1) is 16.8. The van der Waals surface area contributed by atoms with Crippen molar-refractivity contribution in [1.82, 2.24) is 9.62 Å². The number of nitrogens with zero attached hydrogens (tertiary/aromatic N) is 1. The molecule has 2 N–H and O–H groups in total. The molecule has 114 valence electrons. The van der Waals surface area contributed by atoms with Crippen LogP contribution in [0.4, 0.5) is 0 Å². The number of ether oxygens (including phenoxy) is 1. The maximum absolute atomic E-state index is 12.2. The molecule has 0 aliphatic carbocycles. The Morgan fingerprint density at radius 1 is 1.37 bits per heavy atom. The fourth-order valence-electron chi connectivity index (χ4n) is 2.29. The van der Waals surface area contributed by atoms with Crippen LogP contribution in [0.25, 0.3) is 0 Å². The second kappa shape index (κ2) is 8.86. The molecular formula is C12H26N2O4S. The average Bonchev–Trinajstić information content (AvgIpc) is 2.42. The van der Waals surface area contributed by atoms with Gasteiger partial charge in [-0.25, -0.2) is 8.42 Å². The summed E-state index contributed by atoms with van der Waals surface area (Å²) in [5, 5.41) is 12.3. The van der Waals surface area contributed by atoms with Gasteiger partial charge in [0.25, 0.3) is 0 Å². The zero-order valence-electron chi connectivity index (χ0n) is 11.7. The van der Waals surface area contributed by atoms with Crippen molar-refractivity contribution in [2.45, 2.75) is 31.7 Å². The maximum atomic E-state index is 12.2.